The lowest BCUT2D eigenvalue weighted by Crippen LogP contribution is -2.21. The zero-order valence-electron chi connectivity index (χ0n) is 10.9. The first kappa shape index (κ1) is 14.5. The van der Waals surface area contributed by atoms with E-state index in [4.69, 9.17) is 4.74 Å². The summed E-state index contributed by atoms with van der Waals surface area (Å²) >= 11 is 0. The van der Waals surface area contributed by atoms with Crippen LogP contribution in [0.25, 0.3) is 0 Å². The maximum Gasteiger partial charge on any atom is 0.306 e. The third kappa shape index (κ3) is 7.40. The smallest absolute Gasteiger partial charge is 0.306 e. The SMILES string of the molecule is CCCCC(C)OC(=O)CC(C)(C)CC. The fourth-order valence-electron chi connectivity index (χ4n) is 1.33. The van der Waals surface area contributed by atoms with Gasteiger partial charge < -0.3 is 4.74 Å². The molecule has 0 saturated carbocycles. The second kappa shape index (κ2) is 6.86. The highest BCUT2D eigenvalue weighted by Crippen LogP contribution is 2.25. The Morgan fingerprint density at radius 1 is 1.33 bits per heavy atom. The Bertz CT molecular complexity index is 185. The summed E-state index contributed by atoms with van der Waals surface area (Å²) in [5.74, 6) is -0.0505. The highest BCUT2D eigenvalue weighted by Gasteiger charge is 2.21. The molecule has 0 fully saturated rings. The van der Waals surface area contributed by atoms with Crippen molar-refractivity contribution in [2.24, 2.45) is 5.41 Å². The van der Waals surface area contributed by atoms with Crippen LogP contribution in [0.4, 0.5) is 0 Å². The number of hydrogen-bond acceptors (Lipinski definition) is 2. The number of rotatable bonds is 7. The van der Waals surface area contributed by atoms with Crippen LogP contribution in [0, 0.1) is 5.41 Å². The second-order valence-corrected chi connectivity index (χ2v) is 5.14. The Morgan fingerprint density at radius 2 is 1.93 bits per heavy atom. The van der Waals surface area contributed by atoms with E-state index in [9.17, 15) is 4.79 Å². The van der Waals surface area contributed by atoms with Crippen molar-refractivity contribution in [2.75, 3.05) is 0 Å². The number of ether oxygens (including phenoxy) is 1. The van der Waals surface area contributed by atoms with Crippen LogP contribution in [0.3, 0.4) is 0 Å². The molecule has 0 aromatic carbocycles. The normalized spacial score (nSPS) is 13.7. The Labute approximate surface area is 94.4 Å². The molecule has 0 aliphatic carbocycles. The van der Waals surface area contributed by atoms with E-state index in [1.807, 2.05) is 6.92 Å². The third-order valence-corrected chi connectivity index (χ3v) is 2.88. The maximum absolute atomic E-state index is 11.6. The fraction of sp³-hybridized carbons (Fsp3) is 0.923. The van der Waals surface area contributed by atoms with Gasteiger partial charge in [-0.05, 0) is 18.8 Å². The molecule has 0 aliphatic rings. The van der Waals surface area contributed by atoms with Crippen molar-refractivity contribution < 1.29 is 9.53 Å². The predicted octanol–water partition coefficient (Wildman–Crippen LogP) is 3.93. The molecule has 0 rings (SSSR count). The highest BCUT2D eigenvalue weighted by molar-refractivity contribution is 5.70. The van der Waals surface area contributed by atoms with Crippen LogP contribution in [0.5, 0.6) is 0 Å². The zero-order chi connectivity index (χ0) is 11.9. The molecule has 1 atom stereocenters. The maximum atomic E-state index is 11.6. The number of unbranched alkanes of at least 4 members (excludes halogenated alkanes) is 1. The molecule has 2 heteroatoms. The first-order valence-electron chi connectivity index (χ1n) is 6.10. The lowest BCUT2D eigenvalue weighted by Gasteiger charge is -2.22. The molecule has 1 unspecified atom stereocenters. The fourth-order valence-corrected chi connectivity index (χ4v) is 1.33. The summed E-state index contributed by atoms with van der Waals surface area (Å²) in [5.41, 5.74) is 0.0710. The van der Waals surface area contributed by atoms with Crippen molar-refractivity contribution in [3.63, 3.8) is 0 Å². The summed E-state index contributed by atoms with van der Waals surface area (Å²) < 4.78 is 5.35. The highest BCUT2D eigenvalue weighted by atomic mass is 16.5. The van der Waals surface area contributed by atoms with Gasteiger partial charge in [0, 0.05) is 0 Å². The summed E-state index contributed by atoms with van der Waals surface area (Å²) in [5, 5.41) is 0. The Morgan fingerprint density at radius 3 is 2.40 bits per heavy atom. The molecule has 0 bridgehead atoms. The third-order valence-electron chi connectivity index (χ3n) is 2.88. The van der Waals surface area contributed by atoms with E-state index in [2.05, 4.69) is 27.7 Å². The molecule has 0 N–H and O–H groups in total. The number of hydrogen-bond donors (Lipinski definition) is 0. The monoisotopic (exact) mass is 214 g/mol. The summed E-state index contributed by atoms with van der Waals surface area (Å²) in [4.78, 5) is 11.6. The van der Waals surface area contributed by atoms with E-state index in [0.29, 0.717) is 6.42 Å². The molecule has 0 aliphatic heterocycles. The van der Waals surface area contributed by atoms with Crippen LogP contribution in [0.1, 0.15) is 66.7 Å². The van der Waals surface area contributed by atoms with Gasteiger partial charge in [-0.15, -0.1) is 0 Å². The first-order valence-corrected chi connectivity index (χ1v) is 6.10. The van der Waals surface area contributed by atoms with Crippen LogP contribution >= 0.6 is 0 Å². The van der Waals surface area contributed by atoms with Gasteiger partial charge in [0.25, 0.3) is 0 Å². The van der Waals surface area contributed by atoms with Gasteiger partial charge in [-0.25, -0.2) is 0 Å². The topological polar surface area (TPSA) is 26.3 Å². The van der Waals surface area contributed by atoms with Crippen LogP contribution in [0.15, 0.2) is 0 Å². The first-order chi connectivity index (χ1) is 6.91. The summed E-state index contributed by atoms with van der Waals surface area (Å²) in [7, 11) is 0. The van der Waals surface area contributed by atoms with Gasteiger partial charge >= 0.3 is 5.97 Å². The van der Waals surface area contributed by atoms with Crippen molar-refractivity contribution in [1.82, 2.24) is 0 Å². The predicted molar refractivity (Wildman–Crippen MR) is 63.8 cm³/mol. The van der Waals surface area contributed by atoms with E-state index in [1.54, 1.807) is 0 Å². The van der Waals surface area contributed by atoms with Crippen molar-refractivity contribution in [3.8, 4) is 0 Å². The minimum atomic E-state index is -0.0505. The minimum absolute atomic E-state index is 0.0505. The largest absolute Gasteiger partial charge is 0.463 e. The van der Waals surface area contributed by atoms with Crippen molar-refractivity contribution in [2.45, 2.75) is 72.8 Å². The molecular formula is C13H26O2. The molecule has 0 saturated heterocycles. The summed E-state index contributed by atoms with van der Waals surface area (Å²) in [6.07, 6.45) is 4.87. The lowest BCUT2D eigenvalue weighted by molar-refractivity contribution is -0.150. The zero-order valence-corrected chi connectivity index (χ0v) is 10.9. The lowest BCUT2D eigenvalue weighted by atomic mass is 9.87. The van der Waals surface area contributed by atoms with Gasteiger partial charge in [-0.2, -0.15) is 0 Å². The van der Waals surface area contributed by atoms with Crippen LogP contribution in [0.2, 0.25) is 0 Å². The van der Waals surface area contributed by atoms with E-state index in [0.717, 1.165) is 25.7 Å². The molecular weight excluding hydrogens is 188 g/mol. The van der Waals surface area contributed by atoms with Crippen molar-refractivity contribution >= 4 is 5.97 Å². The summed E-state index contributed by atoms with van der Waals surface area (Å²) in [6, 6.07) is 0. The van der Waals surface area contributed by atoms with Gasteiger partial charge in [0.1, 0.15) is 0 Å². The van der Waals surface area contributed by atoms with Gasteiger partial charge in [-0.1, -0.05) is 47.0 Å². The molecule has 0 heterocycles. The Balaban J connectivity index is 3.83. The quantitative estimate of drug-likeness (QED) is 0.600. The van der Waals surface area contributed by atoms with Gasteiger partial charge in [0.05, 0.1) is 12.5 Å². The average Bonchev–Trinajstić information content (AvgIpc) is 2.13. The average molecular weight is 214 g/mol. The molecule has 2 nitrogen and oxygen atoms in total. The standard InChI is InChI=1S/C13H26O2/c1-6-8-9-11(3)15-12(14)10-13(4,5)7-2/h11H,6-10H2,1-5H3. The molecule has 0 spiro atoms. The molecule has 0 aromatic rings. The van der Waals surface area contributed by atoms with E-state index >= 15 is 0 Å². The second-order valence-electron chi connectivity index (χ2n) is 5.14. The number of carbonyl (C=O) groups excluding carboxylic acids is 1. The van der Waals surface area contributed by atoms with E-state index in [-0.39, 0.29) is 17.5 Å². The van der Waals surface area contributed by atoms with Crippen LogP contribution < -0.4 is 0 Å². The van der Waals surface area contributed by atoms with Crippen LogP contribution in [-0.4, -0.2) is 12.1 Å². The van der Waals surface area contributed by atoms with Gasteiger partial charge in [0.2, 0.25) is 0 Å². The molecule has 0 amide bonds. The Kier molecular flexibility index (Phi) is 6.62. The molecule has 0 radical (unpaired) electrons. The summed E-state index contributed by atoms with van der Waals surface area (Å²) in [6.45, 7) is 10.4. The molecule has 0 aromatic heterocycles. The molecule has 90 valence electrons. The molecule has 15 heavy (non-hydrogen) atoms. The van der Waals surface area contributed by atoms with E-state index in [1.165, 1.54) is 0 Å². The van der Waals surface area contributed by atoms with Crippen molar-refractivity contribution in [3.05, 3.63) is 0 Å². The van der Waals surface area contributed by atoms with Crippen molar-refractivity contribution in [1.29, 1.82) is 0 Å². The van der Waals surface area contributed by atoms with Gasteiger partial charge in [0.15, 0.2) is 0 Å². The Hall–Kier alpha value is -0.530. The minimum Gasteiger partial charge on any atom is -0.463 e. The number of esters is 1. The van der Waals surface area contributed by atoms with Gasteiger partial charge in [-0.3, -0.25) is 4.79 Å². The van der Waals surface area contributed by atoms with Crippen LogP contribution in [-0.2, 0) is 9.53 Å². The number of carbonyl (C=O) groups is 1. The van der Waals surface area contributed by atoms with E-state index < -0.39 is 0 Å².